The van der Waals surface area contributed by atoms with Crippen molar-refractivity contribution in [2.24, 2.45) is 0 Å². The maximum Gasteiger partial charge on any atom is 0.416 e. The summed E-state index contributed by atoms with van der Waals surface area (Å²) in [5.74, 6) is 4.82. The molecule has 7 aromatic heterocycles. The van der Waals surface area contributed by atoms with Gasteiger partial charge in [0.15, 0.2) is 0 Å². The molecular weight excluding hydrogens is 2020 g/mol. The van der Waals surface area contributed by atoms with Crippen molar-refractivity contribution in [3.05, 3.63) is 403 Å². The largest absolute Gasteiger partial charge is 0.486 e. The minimum absolute atomic E-state index is 0.00299. The zero-order valence-electron chi connectivity index (χ0n) is 80.9. The molecule has 2 aliphatic rings. The molecule has 9 heterocycles. The Balaban J connectivity index is 0.000000155. The van der Waals surface area contributed by atoms with E-state index in [0.29, 0.717) is 109 Å². The number of carbonyl (C=O) groups excluding carboxylic acids is 5. The summed E-state index contributed by atoms with van der Waals surface area (Å²) in [5.41, 5.74) is 8.21. The normalized spacial score (nSPS) is 12.3. The molecule has 0 unspecified atom stereocenters. The van der Waals surface area contributed by atoms with E-state index in [4.69, 9.17) is 18.3 Å². The lowest BCUT2D eigenvalue weighted by atomic mass is 10.1. The number of thiazole rings is 1. The van der Waals surface area contributed by atoms with E-state index in [-0.39, 0.29) is 59.7 Å². The van der Waals surface area contributed by atoms with Crippen LogP contribution in [0.2, 0.25) is 0 Å². The number of piperazine rings is 2. The monoisotopic (exact) mass is 2120 g/mol. The lowest BCUT2D eigenvalue weighted by Gasteiger charge is -2.35. The van der Waals surface area contributed by atoms with Gasteiger partial charge < -0.3 is 60.0 Å². The second-order valence-electron chi connectivity index (χ2n) is 33.1. The van der Waals surface area contributed by atoms with Gasteiger partial charge in [0.1, 0.15) is 41.0 Å². The number of hydrogen-bond donors (Lipinski definition) is 6. The molecule has 8 aromatic carbocycles. The molecule has 0 saturated carbocycles. The Morgan fingerprint density at radius 2 is 0.838 bits per heavy atom. The second kappa shape index (κ2) is 56.5. The van der Waals surface area contributed by atoms with Crippen LogP contribution in [-0.2, 0) is 48.9 Å². The first-order valence-electron chi connectivity index (χ1n) is 46.7. The van der Waals surface area contributed by atoms with Gasteiger partial charge in [0.25, 0.3) is 46.6 Å². The van der Waals surface area contributed by atoms with Gasteiger partial charge in [0.2, 0.25) is 0 Å². The summed E-state index contributed by atoms with van der Waals surface area (Å²) in [6, 6.07) is 69.9. The number of carbonyl (C=O) groups is 5. The number of halogens is 3. The Kier molecular flexibility index (Phi) is 42.1. The number of nitro benzene ring substituents is 3. The third-order valence-electron chi connectivity index (χ3n) is 22.3. The van der Waals surface area contributed by atoms with Crippen LogP contribution in [0.25, 0.3) is 0 Å². The van der Waals surface area contributed by atoms with E-state index < -0.39 is 32.2 Å². The van der Waals surface area contributed by atoms with Gasteiger partial charge in [-0.15, -0.1) is 69.7 Å². The van der Waals surface area contributed by atoms with E-state index >= 15 is 0 Å². The van der Waals surface area contributed by atoms with Crippen LogP contribution in [0.15, 0.2) is 311 Å². The van der Waals surface area contributed by atoms with E-state index in [0.717, 1.165) is 140 Å². The first-order chi connectivity index (χ1) is 71.7. The first-order valence-corrected chi connectivity index (χ1v) is 52.4. The van der Waals surface area contributed by atoms with Crippen molar-refractivity contribution >= 4 is 133 Å². The second-order valence-corrected chi connectivity index (χ2v) is 39.3. The molecule has 15 aromatic rings. The lowest BCUT2D eigenvalue weighted by molar-refractivity contribution is -0.384. The highest BCUT2D eigenvalue weighted by atomic mass is 32.2. The number of thiophene rings is 1. The fourth-order valence-corrected chi connectivity index (χ4v) is 20.1. The number of nitro groups is 3. The summed E-state index contributed by atoms with van der Waals surface area (Å²) in [6.07, 6.45) is 2.62. The molecule has 0 aliphatic carbocycles. The molecular formula is C105H106F3N19O15S6. The molecule has 5 amide bonds. The number of anilines is 3. The van der Waals surface area contributed by atoms with Crippen molar-refractivity contribution in [3.63, 3.8) is 0 Å². The molecule has 0 bridgehead atoms. The number of amides is 5. The average molecular weight is 2120 g/mol. The molecule has 17 rings (SSSR count). The molecule has 2 aliphatic heterocycles. The van der Waals surface area contributed by atoms with Crippen LogP contribution in [0, 0.1) is 58.0 Å². The highest BCUT2D eigenvalue weighted by Gasteiger charge is 2.34. The van der Waals surface area contributed by atoms with Crippen LogP contribution < -0.4 is 36.6 Å². The van der Waals surface area contributed by atoms with Crippen LogP contribution in [0.4, 0.5) is 47.3 Å². The van der Waals surface area contributed by atoms with E-state index in [9.17, 15) is 67.5 Å². The highest BCUT2D eigenvalue weighted by Crippen LogP contribution is 2.37. The number of rotatable bonds is 39. The number of aromatic nitrogens is 6. The van der Waals surface area contributed by atoms with Crippen LogP contribution >= 0.6 is 69.7 Å². The fraction of sp³-hybridized carbons (Fsp3) is 0.248. The van der Waals surface area contributed by atoms with E-state index in [1.165, 1.54) is 69.5 Å². The number of nitrogens with zero attached hydrogens (tertiary/aromatic N) is 13. The zero-order valence-corrected chi connectivity index (χ0v) is 85.8. The maximum atomic E-state index is 13.1. The number of nitrogens with one attached hydrogen (secondary N) is 6. The Morgan fingerprint density at radius 1 is 0.426 bits per heavy atom. The molecule has 43 heteroatoms. The molecule has 148 heavy (non-hydrogen) atoms. The van der Waals surface area contributed by atoms with E-state index in [1.54, 1.807) is 101 Å². The van der Waals surface area contributed by atoms with Gasteiger partial charge in [-0.05, 0) is 166 Å². The van der Waals surface area contributed by atoms with Gasteiger partial charge in [-0.2, -0.15) is 13.2 Å². The number of ether oxygens (including phenoxy) is 1. The number of thioether (sulfide) groups is 4. The summed E-state index contributed by atoms with van der Waals surface area (Å²) in [4.78, 5) is 121. The Labute approximate surface area is 876 Å². The summed E-state index contributed by atoms with van der Waals surface area (Å²) in [6.45, 7) is 17.9. The standard InChI is InChI=1S/C22H24N4O2S.C22H23N3OS2.C21H19F3N4O4S.2C20H20N4O4S/c1-17-24-19(16-29-17)15-28-21-5-3-2-4-20(21)22(27)26-12-10-25(11-13-26)14-18-6-8-23-9-7-18;26-22(20-5-1-2-6-21(20)28-17-19-4-3-15-27-19)25-13-11-24(12-14-25)16-18-7-9-23-10-8-18;1-13-10-15(32-27-13)12-33-19-5-3-2-4-16(19)20(29)26-9-8-25-17-7-6-14(21(22,23)24)11-18(17)28(30)31;1-14-12-15(28-23-14)13-29-19-9-5-2-6-16(19)20(25)22-11-10-21-17-7-3-4-8-18(17)24(26)27;1-14-12-17(28-23-14)13-29-19-5-3-2-4-18(19)20(25)22-11-10-21-15-6-8-16(9-7-15)24(26)27/h2-9,16H,10-15H2,1H3;1-10,15H,11-14,16-17H2;2-7,10-11,25H,8-9,12H2,1H3,(H,26,29);2*2-9,12,21H,10-11,13H2,1H3,(H,22,25). The smallest absolute Gasteiger partial charge is 0.416 e. The van der Waals surface area contributed by atoms with Gasteiger partial charge in [-0.25, -0.2) is 4.98 Å². The van der Waals surface area contributed by atoms with Gasteiger partial charge in [-0.3, -0.25) is 74.1 Å². The Morgan fingerprint density at radius 3 is 1.26 bits per heavy atom. The molecule has 2 saturated heterocycles. The number of pyridine rings is 2. The molecule has 34 nitrogen and oxygen atoms in total. The zero-order chi connectivity index (χ0) is 105. The van der Waals surface area contributed by atoms with Gasteiger partial charge in [0.05, 0.1) is 93.2 Å². The molecule has 2 fully saturated rings. The molecule has 0 spiro atoms. The van der Waals surface area contributed by atoms with Gasteiger partial charge in [0, 0.05) is 213 Å². The Bertz CT molecular complexity index is 6880. The number of para-hydroxylation sites is 3. The fourth-order valence-electron chi connectivity index (χ4n) is 14.9. The van der Waals surface area contributed by atoms with E-state index in [1.807, 2.05) is 177 Å². The summed E-state index contributed by atoms with van der Waals surface area (Å²) in [5, 5.41) is 66.7. The SMILES string of the molecule is Cc1cc(CSc2ccccc2C(=O)NCCNc2ccc(C(F)(F)F)cc2[N+](=O)[O-])on1.Cc1cc(CSc2ccccc2C(=O)NCCNc2ccc([N+](=O)[O-])cc2)on1.Cc1cc(CSc2ccccc2C(=O)NCCNc2ccccc2[N+](=O)[O-])on1.Cc1nc(COc2ccccc2C(=O)N2CCN(Cc3ccncc3)CC2)cs1.O=C(c1ccccc1SCc1cccs1)N1CCN(Cc2ccncc2)CC1. The number of benzene rings is 8. The summed E-state index contributed by atoms with van der Waals surface area (Å²) in [7, 11) is 0. The van der Waals surface area contributed by atoms with E-state index in [2.05, 4.69) is 108 Å². The van der Waals surface area contributed by atoms with Crippen molar-refractivity contribution in [3.8, 4) is 5.75 Å². The first kappa shape index (κ1) is 110. The van der Waals surface area contributed by atoms with Crippen LogP contribution in [0.3, 0.4) is 0 Å². The number of alkyl halides is 3. The number of non-ortho nitro benzene ring substituents is 1. The highest BCUT2D eigenvalue weighted by molar-refractivity contribution is 7.99. The topological polar surface area (TPSA) is 426 Å². The quantitative estimate of drug-likeness (QED) is 0.00902. The van der Waals surface area contributed by atoms with Crippen LogP contribution in [0.5, 0.6) is 5.75 Å². The van der Waals surface area contributed by atoms with Crippen molar-refractivity contribution < 1.29 is 70.2 Å². The third kappa shape index (κ3) is 34.5. The van der Waals surface area contributed by atoms with Crippen LogP contribution in [0.1, 0.15) is 118 Å². The average Bonchev–Trinajstić information content (AvgIpc) is 1.00. The van der Waals surface area contributed by atoms with Crippen molar-refractivity contribution in [2.75, 3.05) is 108 Å². The predicted molar refractivity (Wildman–Crippen MR) is 567 cm³/mol. The summed E-state index contributed by atoms with van der Waals surface area (Å²) < 4.78 is 59.9. The minimum Gasteiger partial charge on any atom is -0.486 e. The molecule has 768 valence electrons. The van der Waals surface area contributed by atoms with Gasteiger partial charge >= 0.3 is 6.18 Å². The Hall–Kier alpha value is -15.1. The number of aryl methyl sites for hydroxylation is 4. The van der Waals surface area contributed by atoms with Crippen LogP contribution in [-0.4, -0.2) is 186 Å². The number of hydrogen-bond acceptors (Lipinski definition) is 32. The molecule has 0 atom stereocenters. The third-order valence-corrected chi connectivity index (χ3v) is 28.6. The predicted octanol–water partition coefficient (Wildman–Crippen LogP) is 20.9. The minimum atomic E-state index is -4.69. The molecule has 6 N–H and O–H groups in total. The maximum absolute atomic E-state index is 13.1. The van der Waals surface area contributed by atoms with Crippen molar-refractivity contribution in [1.29, 1.82) is 0 Å². The van der Waals surface area contributed by atoms with Crippen molar-refractivity contribution in [1.82, 2.24) is 66.0 Å². The van der Waals surface area contributed by atoms with Crippen molar-refractivity contribution in [2.45, 2.75) is 96.2 Å². The molecule has 0 radical (unpaired) electrons. The lowest BCUT2D eigenvalue weighted by Crippen LogP contribution is -2.48. The van der Waals surface area contributed by atoms with Gasteiger partial charge in [-0.1, -0.05) is 94.3 Å². The summed E-state index contributed by atoms with van der Waals surface area (Å²) >= 11 is 9.53.